The third kappa shape index (κ3) is 1.83. The molecule has 0 aromatic heterocycles. The number of allylic oxidation sites excluding steroid dienone is 1. The third-order valence-corrected chi connectivity index (χ3v) is 2.87. The molecule has 0 fully saturated rings. The number of nitrogens with zero attached hydrogens (tertiary/aromatic N) is 1. The van der Waals surface area contributed by atoms with E-state index in [4.69, 9.17) is 5.73 Å². The maximum absolute atomic E-state index is 6.21. The minimum atomic E-state index is 0.883. The second-order valence-corrected chi connectivity index (χ2v) is 4.10. The number of rotatable bonds is 2. The van der Waals surface area contributed by atoms with Crippen molar-refractivity contribution in [1.29, 1.82) is 0 Å². The summed E-state index contributed by atoms with van der Waals surface area (Å²) >= 11 is 0. The van der Waals surface area contributed by atoms with Crippen molar-refractivity contribution in [2.45, 2.75) is 13.3 Å². The molecule has 1 aromatic rings. The lowest BCUT2D eigenvalue weighted by molar-refractivity contribution is 1.02. The molecule has 0 saturated carbocycles. The van der Waals surface area contributed by atoms with Crippen molar-refractivity contribution in [3.8, 4) is 0 Å². The molecule has 1 aliphatic heterocycles. The van der Waals surface area contributed by atoms with E-state index >= 15 is 0 Å². The zero-order valence-electron chi connectivity index (χ0n) is 9.90. The van der Waals surface area contributed by atoms with Gasteiger partial charge in [0.2, 0.25) is 0 Å². The van der Waals surface area contributed by atoms with Gasteiger partial charge in [-0.1, -0.05) is 43.4 Å². The first-order valence-electron chi connectivity index (χ1n) is 5.70. The molecule has 1 heterocycles. The van der Waals surface area contributed by atoms with Crippen LogP contribution in [0.4, 0.5) is 11.4 Å². The Morgan fingerprint density at radius 2 is 2.25 bits per heavy atom. The smallest absolute Gasteiger partial charge is 0.0679 e. The molecule has 0 unspecified atom stereocenters. The number of benzene rings is 1. The van der Waals surface area contributed by atoms with Gasteiger partial charge in [0, 0.05) is 13.6 Å². The highest BCUT2D eigenvalue weighted by Crippen LogP contribution is 2.34. The lowest BCUT2D eigenvalue weighted by atomic mass is 10.0. The minimum Gasteiger partial charge on any atom is -0.397 e. The van der Waals surface area contributed by atoms with Gasteiger partial charge < -0.3 is 10.6 Å². The summed E-state index contributed by atoms with van der Waals surface area (Å²) in [5.74, 6) is 0. The van der Waals surface area contributed by atoms with Crippen molar-refractivity contribution in [3.63, 3.8) is 0 Å². The fourth-order valence-corrected chi connectivity index (χ4v) is 2.02. The van der Waals surface area contributed by atoms with Crippen LogP contribution in [0.3, 0.4) is 0 Å². The van der Waals surface area contributed by atoms with E-state index in [0.29, 0.717) is 0 Å². The average molecular weight is 214 g/mol. The largest absolute Gasteiger partial charge is 0.397 e. The Bertz CT molecular complexity index is 444. The highest BCUT2D eigenvalue weighted by molar-refractivity contribution is 5.86. The van der Waals surface area contributed by atoms with Gasteiger partial charge in [-0.3, -0.25) is 0 Å². The predicted molar refractivity (Wildman–Crippen MR) is 72.5 cm³/mol. The number of nitrogens with two attached hydrogens (primary N) is 1. The van der Waals surface area contributed by atoms with Gasteiger partial charge in [-0.2, -0.15) is 0 Å². The normalized spacial score (nSPS) is 14.5. The first-order chi connectivity index (χ1) is 7.74. The molecule has 0 amide bonds. The molecule has 0 saturated heterocycles. The van der Waals surface area contributed by atoms with Gasteiger partial charge in [0.15, 0.2) is 0 Å². The topological polar surface area (TPSA) is 29.3 Å². The van der Waals surface area contributed by atoms with Crippen molar-refractivity contribution in [2.24, 2.45) is 0 Å². The molecule has 0 aliphatic carbocycles. The van der Waals surface area contributed by atoms with E-state index in [1.807, 2.05) is 0 Å². The van der Waals surface area contributed by atoms with E-state index in [1.54, 1.807) is 0 Å². The maximum atomic E-state index is 6.21. The Hall–Kier alpha value is -1.70. The summed E-state index contributed by atoms with van der Waals surface area (Å²) in [5, 5.41) is 0. The molecule has 2 heteroatoms. The molecule has 1 aromatic carbocycles. The highest BCUT2D eigenvalue weighted by atomic mass is 15.1. The molecule has 2 nitrogen and oxygen atoms in total. The molecule has 0 atom stereocenters. The first-order valence-corrected chi connectivity index (χ1v) is 5.70. The van der Waals surface area contributed by atoms with Crippen LogP contribution in [-0.2, 0) is 0 Å². The maximum Gasteiger partial charge on any atom is 0.0679 e. The first kappa shape index (κ1) is 10.8. The Kier molecular flexibility index (Phi) is 3.00. The predicted octanol–water partition coefficient (Wildman–Crippen LogP) is 3.16. The van der Waals surface area contributed by atoms with Crippen LogP contribution in [0.5, 0.6) is 0 Å². The van der Waals surface area contributed by atoms with E-state index in [1.165, 1.54) is 5.56 Å². The van der Waals surface area contributed by atoms with E-state index in [0.717, 1.165) is 29.9 Å². The molecule has 0 spiro atoms. The van der Waals surface area contributed by atoms with Crippen molar-refractivity contribution >= 4 is 23.5 Å². The summed E-state index contributed by atoms with van der Waals surface area (Å²) in [6.07, 6.45) is 9.56. The van der Waals surface area contributed by atoms with Gasteiger partial charge >= 0.3 is 0 Å². The molecular formula is C14H18N2. The van der Waals surface area contributed by atoms with Crippen LogP contribution >= 0.6 is 0 Å². The van der Waals surface area contributed by atoms with Crippen molar-refractivity contribution < 1.29 is 0 Å². The third-order valence-electron chi connectivity index (χ3n) is 2.87. The molecule has 16 heavy (non-hydrogen) atoms. The van der Waals surface area contributed by atoms with Crippen LogP contribution in [0.25, 0.3) is 12.2 Å². The number of likely N-dealkylation sites (N-methyl/N-ethyl adjacent to an activating group) is 1. The second kappa shape index (κ2) is 4.44. The highest BCUT2D eigenvalue weighted by Gasteiger charge is 2.14. The van der Waals surface area contributed by atoms with Crippen molar-refractivity contribution in [1.82, 2.24) is 0 Å². The monoisotopic (exact) mass is 214 g/mol. The van der Waals surface area contributed by atoms with Crippen LogP contribution in [0.15, 0.2) is 24.3 Å². The Balaban J connectivity index is 2.50. The molecule has 84 valence electrons. The SMILES string of the molecule is CC/C=C\c1ccc2c(c1N)N(C)CC=C2. The number of hydrogen-bond acceptors (Lipinski definition) is 2. The van der Waals surface area contributed by atoms with Gasteiger partial charge in [0.1, 0.15) is 0 Å². The summed E-state index contributed by atoms with van der Waals surface area (Å²) in [5.41, 5.74) is 10.6. The fourth-order valence-electron chi connectivity index (χ4n) is 2.02. The van der Waals surface area contributed by atoms with Gasteiger partial charge in [-0.25, -0.2) is 0 Å². The lowest BCUT2D eigenvalue weighted by Crippen LogP contribution is -2.22. The van der Waals surface area contributed by atoms with Gasteiger partial charge in [-0.05, 0) is 17.5 Å². The van der Waals surface area contributed by atoms with Crippen LogP contribution in [0, 0.1) is 0 Å². The van der Waals surface area contributed by atoms with Crippen LogP contribution in [0.2, 0.25) is 0 Å². The molecule has 2 N–H and O–H groups in total. The van der Waals surface area contributed by atoms with Gasteiger partial charge in [0.05, 0.1) is 11.4 Å². The number of nitrogen functional groups attached to an aromatic ring is 1. The lowest BCUT2D eigenvalue weighted by Gasteiger charge is -2.26. The summed E-state index contributed by atoms with van der Waals surface area (Å²) in [6, 6.07) is 4.22. The average Bonchev–Trinajstić information content (AvgIpc) is 2.28. The summed E-state index contributed by atoms with van der Waals surface area (Å²) < 4.78 is 0. The zero-order valence-corrected chi connectivity index (χ0v) is 9.90. The zero-order chi connectivity index (χ0) is 11.5. The fraction of sp³-hybridized carbons (Fsp3) is 0.286. The Morgan fingerprint density at radius 3 is 3.00 bits per heavy atom. The van der Waals surface area contributed by atoms with Crippen LogP contribution in [0.1, 0.15) is 24.5 Å². The standard InChI is InChI=1S/C14H18N2/c1-3-4-6-11-8-9-12-7-5-10-16(2)14(12)13(11)15/h4-9H,3,10,15H2,1-2H3/b6-4-. The number of fused-ring (bicyclic) bond motifs is 1. The Morgan fingerprint density at radius 1 is 1.44 bits per heavy atom. The summed E-state index contributed by atoms with van der Waals surface area (Å²) in [7, 11) is 2.08. The summed E-state index contributed by atoms with van der Waals surface area (Å²) in [6.45, 7) is 3.05. The van der Waals surface area contributed by atoms with Gasteiger partial charge in [-0.15, -0.1) is 0 Å². The van der Waals surface area contributed by atoms with E-state index in [2.05, 4.69) is 55.3 Å². The van der Waals surface area contributed by atoms with E-state index in [-0.39, 0.29) is 0 Å². The molecular weight excluding hydrogens is 196 g/mol. The van der Waals surface area contributed by atoms with Crippen molar-refractivity contribution in [3.05, 3.63) is 35.4 Å². The second-order valence-electron chi connectivity index (χ2n) is 4.10. The van der Waals surface area contributed by atoms with Gasteiger partial charge in [0.25, 0.3) is 0 Å². The van der Waals surface area contributed by atoms with Crippen molar-refractivity contribution in [2.75, 3.05) is 24.2 Å². The molecule has 0 bridgehead atoms. The Labute approximate surface area is 97.1 Å². The number of hydrogen-bond donors (Lipinski definition) is 1. The number of anilines is 2. The molecule has 0 radical (unpaired) electrons. The summed E-state index contributed by atoms with van der Waals surface area (Å²) in [4.78, 5) is 2.19. The molecule has 1 aliphatic rings. The van der Waals surface area contributed by atoms with Crippen LogP contribution in [-0.4, -0.2) is 13.6 Å². The van der Waals surface area contributed by atoms with Crippen LogP contribution < -0.4 is 10.6 Å². The quantitative estimate of drug-likeness (QED) is 0.766. The minimum absolute atomic E-state index is 0.883. The van der Waals surface area contributed by atoms with E-state index in [9.17, 15) is 0 Å². The molecule has 2 rings (SSSR count). The van der Waals surface area contributed by atoms with E-state index < -0.39 is 0 Å².